The number of unbranched alkanes of at least 4 members (excludes halogenated alkanes) is 2. The van der Waals surface area contributed by atoms with Crippen LogP contribution >= 0.6 is 11.9 Å². The zero-order valence-electron chi connectivity index (χ0n) is 17.9. The zero-order chi connectivity index (χ0) is 20.6. The van der Waals surface area contributed by atoms with Gasteiger partial charge in [0.25, 0.3) is 0 Å². The van der Waals surface area contributed by atoms with Crippen molar-refractivity contribution in [2.45, 2.75) is 85.7 Å². The monoisotopic (exact) mass is 391 g/mol. The Morgan fingerprint density at radius 1 is 1.00 bits per heavy atom. The van der Waals surface area contributed by atoms with E-state index >= 15 is 0 Å². The van der Waals surface area contributed by atoms with Crippen molar-refractivity contribution in [1.82, 2.24) is 10.0 Å². The van der Waals surface area contributed by atoms with Crippen LogP contribution in [-0.2, 0) is 9.53 Å². The highest BCUT2D eigenvalue weighted by atomic mass is 32.2. The van der Waals surface area contributed by atoms with Crippen LogP contribution in [0.1, 0.15) is 80.1 Å². The first-order valence-corrected chi connectivity index (χ1v) is 10.6. The molecular formula is C19H41N3O3S. The molecule has 156 valence electrons. The lowest BCUT2D eigenvalue weighted by molar-refractivity contribution is -0.154. The van der Waals surface area contributed by atoms with Crippen molar-refractivity contribution in [3.63, 3.8) is 0 Å². The van der Waals surface area contributed by atoms with E-state index in [0.29, 0.717) is 18.4 Å². The number of nitrogens with one attached hydrogen (secondary N) is 2. The molecule has 0 aromatic heterocycles. The molecule has 0 aliphatic carbocycles. The molecule has 2 amide bonds. The van der Waals surface area contributed by atoms with Crippen LogP contribution in [0.25, 0.3) is 0 Å². The van der Waals surface area contributed by atoms with Gasteiger partial charge in [0.2, 0.25) is 0 Å². The Hall–Kier alpha value is -0.950. The zero-order valence-corrected chi connectivity index (χ0v) is 18.7. The normalized spacial score (nSPS) is 11.2. The molecule has 0 spiro atoms. The molecule has 7 heteroatoms. The fraction of sp³-hybridized carbons (Fsp3) is 0.895. The Kier molecular flexibility index (Phi) is 15.9. The molecule has 0 aliphatic heterocycles. The highest BCUT2D eigenvalue weighted by molar-refractivity contribution is 7.97. The molecular weight excluding hydrogens is 350 g/mol. The molecule has 0 aliphatic rings. The minimum absolute atomic E-state index is 0.0959. The van der Waals surface area contributed by atoms with Crippen LogP contribution < -0.4 is 15.8 Å². The number of nitrogens with two attached hydrogens (primary N) is 1. The van der Waals surface area contributed by atoms with Gasteiger partial charge >= 0.3 is 12.0 Å². The van der Waals surface area contributed by atoms with Gasteiger partial charge in [0.1, 0.15) is 5.60 Å². The van der Waals surface area contributed by atoms with Gasteiger partial charge in [-0.3, -0.25) is 9.52 Å². The molecule has 0 aromatic rings. The van der Waals surface area contributed by atoms with E-state index in [2.05, 4.69) is 30.8 Å². The molecule has 0 bridgehead atoms. The van der Waals surface area contributed by atoms with Gasteiger partial charge in [0.15, 0.2) is 0 Å². The van der Waals surface area contributed by atoms with Crippen molar-refractivity contribution >= 4 is 23.9 Å². The second-order valence-corrected chi connectivity index (χ2v) is 9.02. The van der Waals surface area contributed by atoms with E-state index in [-0.39, 0.29) is 17.6 Å². The molecule has 0 saturated heterocycles. The molecule has 26 heavy (non-hydrogen) atoms. The van der Waals surface area contributed by atoms with Gasteiger partial charge in [-0.25, -0.2) is 4.79 Å². The van der Waals surface area contributed by atoms with Crippen LogP contribution in [0, 0.1) is 5.41 Å². The molecule has 0 heterocycles. The van der Waals surface area contributed by atoms with E-state index in [9.17, 15) is 9.59 Å². The maximum Gasteiger partial charge on any atom is 0.324 e. The third-order valence-electron chi connectivity index (χ3n) is 3.09. The summed E-state index contributed by atoms with van der Waals surface area (Å²) in [6, 6.07) is -0.0959. The molecule has 0 radical (unpaired) electrons. The van der Waals surface area contributed by atoms with Crippen molar-refractivity contribution in [3.05, 3.63) is 0 Å². The first-order valence-electron chi connectivity index (χ1n) is 9.40. The van der Waals surface area contributed by atoms with Crippen LogP contribution in [0.2, 0.25) is 0 Å². The van der Waals surface area contributed by atoms with E-state index in [1.807, 2.05) is 27.0 Å². The van der Waals surface area contributed by atoms with Gasteiger partial charge in [-0.1, -0.05) is 39.1 Å². The fourth-order valence-corrected chi connectivity index (χ4v) is 2.19. The van der Waals surface area contributed by atoms with Crippen LogP contribution in [0.5, 0.6) is 0 Å². The number of amides is 2. The lowest BCUT2D eigenvalue weighted by Gasteiger charge is -2.19. The van der Waals surface area contributed by atoms with Gasteiger partial charge in [-0.15, -0.1) is 0 Å². The standard InChI is InChI=1S/C10H21NO2.C9H20N2OS/c1-10(2,3)13-9(12)7-5-4-6-8-11;1-9(2,3)6-5-7-10-8(12)11-13-4/h4-8,11H2,1-3H3;5-7H2,1-4H3,(H2,10,11,12). The molecule has 0 fully saturated rings. The van der Waals surface area contributed by atoms with Crippen molar-refractivity contribution in [1.29, 1.82) is 0 Å². The van der Waals surface area contributed by atoms with E-state index in [4.69, 9.17) is 10.5 Å². The topological polar surface area (TPSA) is 93.4 Å². The Bertz CT molecular complexity index is 377. The summed E-state index contributed by atoms with van der Waals surface area (Å²) in [5.74, 6) is -0.107. The van der Waals surface area contributed by atoms with Crippen molar-refractivity contribution < 1.29 is 14.3 Å². The molecule has 0 rings (SSSR count). The first-order chi connectivity index (χ1) is 11.9. The summed E-state index contributed by atoms with van der Waals surface area (Å²) in [4.78, 5) is 22.1. The number of hydrogen-bond acceptors (Lipinski definition) is 5. The number of esters is 1. The van der Waals surface area contributed by atoms with Gasteiger partial charge in [-0.05, 0) is 58.4 Å². The SMILES string of the molecule is CC(C)(C)OC(=O)CCCCCN.CSNC(=O)NCCCC(C)(C)C. The Balaban J connectivity index is 0. The Morgan fingerprint density at radius 2 is 1.62 bits per heavy atom. The second-order valence-electron chi connectivity index (χ2n) is 8.41. The molecule has 6 nitrogen and oxygen atoms in total. The minimum atomic E-state index is -0.356. The second kappa shape index (κ2) is 15.1. The van der Waals surface area contributed by atoms with Crippen LogP contribution in [-0.4, -0.2) is 36.9 Å². The third-order valence-corrected chi connectivity index (χ3v) is 3.48. The Labute approximate surface area is 164 Å². The van der Waals surface area contributed by atoms with Crippen molar-refractivity contribution in [2.75, 3.05) is 19.3 Å². The van der Waals surface area contributed by atoms with Gasteiger partial charge in [-0.2, -0.15) is 0 Å². The predicted molar refractivity (Wildman–Crippen MR) is 112 cm³/mol. The highest BCUT2D eigenvalue weighted by Crippen LogP contribution is 2.19. The summed E-state index contributed by atoms with van der Waals surface area (Å²) in [6.07, 6.45) is 7.38. The summed E-state index contributed by atoms with van der Waals surface area (Å²) in [6.45, 7) is 13.7. The number of carbonyl (C=O) groups excluding carboxylic acids is 2. The number of urea groups is 1. The van der Waals surface area contributed by atoms with Gasteiger partial charge in [0.05, 0.1) is 0 Å². The van der Waals surface area contributed by atoms with Gasteiger partial charge in [0, 0.05) is 19.2 Å². The lowest BCUT2D eigenvalue weighted by Crippen LogP contribution is -2.32. The summed E-state index contributed by atoms with van der Waals surface area (Å²) < 4.78 is 7.76. The average molecular weight is 392 g/mol. The lowest BCUT2D eigenvalue weighted by atomic mass is 9.91. The average Bonchev–Trinajstić information content (AvgIpc) is 2.46. The van der Waals surface area contributed by atoms with Gasteiger partial charge < -0.3 is 15.8 Å². The summed E-state index contributed by atoms with van der Waals surface area (Å²) >= 11 is 1.31. The molecule has 4 N–H and O–H groups in total. The fourth-order valence-electron chi connectivity index (χ4n) is 1.93. The molecule has 0 unspecified atom stereocenters. The molecule has 0 saturated carbocycles. The largest absolute Gasteiger partial charge is 0.460 e. The quantitative estimate of drug-likeness (QED) is 0.310. The number of hydrogen-bond donors (Lipinski definition) is 3. The summed E-state index contributed by atoms with van der Waals surface area (Å²) in [5, 5.41) is 2.79. The van der Waals surface area contributed by atoms with Crippen LogP contribution in [0.3, 0.4) is 0 Å². The van der Waals surface area contributed by atoms with Crippen LogP contribution in [0.15, 0.2) is 0 Å². The third kappa shape index (κ3) is 25.3. The molecule has 0 aromatic carbocycles. The first kappa shape index (κ1) is 27.3. The number of carbonyl (C=O) groups is 2. The van der Waals surface area contributed by atoms with Crippen LogP contribution in [0.4, 0.5) is 4.79 Å². The van der Waals surface area contributed by atoms with E-state index in [1.54, 1.807) is 0 Å². The number of rotatable bonds is 9. The van der Waals surface area contributed by atoms with E-state index < -0.39 is 0 Å². The van der Waals surface area contributed by atoms with E-state index in [0.717, 1.165) is 38.6 Å². The smallest absolute Gasteiger partial charge is 0.324 e. The summed E-state index contributed by atoms with van der Waals surface area (Å²) in [5.41, 5.74) is 5.33. The highest BCUT2D eigenvalue weighted by Gasteiger charge is 2.15. The maximum absolute atomic E-state index is 11.2. The van der Waals surface area contributed by atoms with Crippen molar-refractivity contribution in [2.24, 2.45) is 11.1 Å². The molecule has 0 atom stereocenters. The summed E-state index contributed by atoms with van der Waals surface area (Å²) in [7, 11) is 0. The maximum atomic E-state index is 11.2. The number of ether oxygens (including phenoxy) is 1. The predicted octanol–water partition coefficient (Wildman–Crippen LogP) is 4.24. The minimum Gasteiger partial charge on any atom is -0.460 e. The van der Waals surface area contributed by atoms with Crippen molar-refractivity contribution in [3.8, 4) is 0 Å². The van der Waals surface area contributed by atoms with E-state index in [1.165, 1.54) is 11.9 Å². The Morgan fingerprint density at radius 3 is 2.08 bits per heavy atom.